The summed E-state index contributed by atoms with van der Waals surface area (Å²) in [6.45, 7) is 3.11. The lowest BCUT2D eigenvalue weighted by Gasteiger charge is -2.02. The maximum Gasteiger partial charge on any atom is 0.222 e. The Labute approximate surface area is 75.7 Å². The summed E-state index contributed by atoms with van der Waals surface area (Å²) in [4.78, 5) is 11.0. The van der Waals surface area contributed by atoms with Gasteiger partial charge in [0.2, 0.25) is 9.04 Å². The molecule has 1 radical (unpaired) electrons. The van der Waals surface area contributed by atoms with Crippen molar-refractivity contribution in [1.82, 2.24) is 0 Å². The molecule has 0 aromatic rings. The van der Waals surface area contributed by atoms with Crippen molar-refractivity contribution in [2.45, 2.75) is 31.9 Å². The Bertz CT molecular complexity index is 136. The Morgan fingerprint density at radius 3 is 2.83 bits per heavy atom. The molecule has 0 saturated heterocycles. The highest BCUT2D eigenvalue weighted by molar-refractivity contribution is 6.49. The summed E-state index contributed by atoms with van der Waals surface area (Å²) in [6, 6.07) is 3.65. The van der Waals surface area contributed by atoms with Crippen LogP contribution in [-0.4, -0.2) is 22.3 Å². The van der Waals surface area contributed by atoms with E-state index in [4.69, 9.17) is 10.00 Å². The standard InChI is InChI=1S/C8H16NO2Si/c1-2-12(10)8-4-7-11-6-3-5-9/h12H,2-4,6-8H2,1H3. The smallest absolute Gasteiger partial charge is 0.222 e. The van der Waals surface area contributed by atoms with Gasteiger partial charge in [-0.15, -0.1) is 0 Å². The molecule has 4 heteroatoms. The molecule has 1 unspecified atom stereocenters. The summed E-state index contributed by atoms with van der Waals surface area (Å²) in [7, 11) is -1.64. The van der Waals surface area contributed by atoms with Gasteiger partial charge >= 0.3 is 0 Å². The fourth-order valence-corrected chi connectivity index (χ4v) is 1.87. The minimum absolute atomic E-state index is 0.450. The van der Waals surface area contributed by atoms with Gasteiger partial charge in [-0.05, 0) is 18.5 Å². The van der Waals surface area contributed by atoms with E-state index in [1.165, 1.54) is 0 Å². The number of rotatable bonds is 7. The van der Waals surface area contributed by atoms with Crippen molar-refractivity contribution >= 4 is 9.04 Å². The van der Waals surface area contributed by atoms with E-state index in [9.17, 15) is 4.80 Å². The lowest BCUT2D eigenvalue weighted by atomic mass is 10.5. The van der Waals surface area contributed by atoms with Gasteiger partial charge in [0.1, 0.15) is 0 Å². The van der Waals surface area contributed by atoms with Crippen molar-refractivity contribution in [2.75, 3.05) is 13.2 Å². The Morgan fingerprint density at radius 2 is 2.25 bits per heavy atom. The highest BCUT2D eigenvalue weighted by atomic mass is 28.3. The first-order valence-corrected chi connectivity index (χ1v) is 6.52. The second kappa shape index (κ2) is 8.72. The fourth-order valence-electron chi connectivity index (χ4n) is 0.837. The summed E-state index contributed by atoms with van der Waals surface area (Å²) in [6.07, 6.45) is 1.33. The van der Waals surface area contributed by atoms with E-state index < -0.39 is 9.04 Å². The van der Waals surface area contributed by atoms with Gasteiger partial charge in [0, 0.05) is 6.61 Å². The summed E-state index contributed by atoms with van der Waals surface area (Å²) < 4.78 is 5.13. The van der Waals surface area contributed by atoms with Crippen LogP contribution in [0.2, 0.25) is 12.1 Å². The molecule has 0 rings (SSSR count). The SMILES string of the molecule is CC[SiH]([O])CCCOCCC#N. The summed E-state index contributed by atoms with van der Waals surface area (Å²) >= 11 is 0. The van der Waals surface area contributed by atoms with Crippen LogP contribution >= 0.6 is 0 Å². The van der Waals surface area contributed by atoms with Gasteiger partial charge in [-0.2, -0.15) is 5.26 Å². The molecule has 0 heterocycles. The third-order valence-electron chi connectivity index (χ3n) is 1.63. The fraction of sp³-hybridized carbons (Fsp3) is 0.875. The first-order valence-electron chi connectivity index (χ1n) is 4.41. The number of hydrogen-bond acceptors (Lipinski definition) is 2. The van der Waals surface area contributed by atoms with Gasteiger partial charge in [-0.1, -0.05) is 6.92 Å². The van der Waals surface area contributed by atoms with Crippen LogP contribution in [0.4, 0.5) is 0 Å². The summed E-state index contributed by atoms with van der Waals surface area (Å²) in [5.41, 5.74) is 0. The van der Waals surface area contributed by atoms with E-state index in [0.29, 0.717) is 19.6 Å². The van der Waals surface area contributed by atoms with Crippen LogP contribution < -0.4 is 0 Å². The molecule has 3 nitrogen and oxygen atoms in total. The third-order valence-corrected chi connectivity index (χ3v) is 3.59. The molecular weight excluding hydrogens is 170 g/mol. The molecule has 0 fully saturated rings. The second-order valence-electron chi connectivity index (χ2n) is 2.69. The van der Waals surface area contributed by atoms with Crippen LogP contribution in [0.3, 0.4) is 0 Å². The Balaban J connectivity index is 2.96. The third kappa shape index (κ3) is 7.73. The zero-order chi connectivity index (χ0) is 9.23. The maximum absolute atomic E-state index is 11.0. The van der Waals surface area contributed by atoms with E-state index in [-0.39, 0.29) is 0 Å². The van der Waals surface area contributed by atoms with Gasteiger partial charge in [-0.25, -0.2) is 0 Å². The molecule has 12 heavy (non-hydrogen) atoms. The van der Waals surface area contributed by atoms with Crippen molar-refractivity contribution < 1.29 is 9.53 Å². The molecule has 1 atom stereocenters. The van der Waals surface area contributed by atoms with Gasteiger partial charge in [-0.3, -0.25) is 0 Å². The van der Waals surface area contributed by atoms with Crippen LogP contribution in [0.15, 0.2) is 0 Å². The minimum atomic E-state index is -1.64. The largest absolute Gasteiger partial charge is 0.380 e. The van der Waals surface area contributed by atoms with E-state index in [1.807, 2.05) is 13.0 Å². The highest BCUT2D eigenvalue weighted by Crippen LogP contribution is 2.00. The molecule has 0 spiro atoms. The average molecular weight is 186 g/mol. The molecule has 69 valence electrons. The maximum atomic E-state index is 11.0. The number of nitrogens with zero attached hydrogens (tertiary/aromatic N) is 1. The molecule has 0 aliphatic carbocycles. The van der Waals surface area contributed by atoms with Crippen molar-refractivity contribution in [3.05, 3.63) is 0 Å². The van der Waals surface area contributed by atoms with Crippen molar-refractivity contribution in [2.24, 2.45) is 0 Å². The first-order chi connectivity index (χ1) is 5.81. The van der Waals surface area contributed by atoms with E-state index in [2.05, 4.69) is 0 Å². The molecule has 0 aromatic heterocycles. The van der Waals surface area contributed by atoms with Gasteiger partial charge in [0.05, 0.1) is 19.1 Å². The number of ether oxygens (including phenoxy) is 1. The van der Waals surface area contributed by atoms with E-state index in [0.717, 1.165) is 18.5 Å². The highest BCUT2D eigenvalue weighted by Gasteiger charge is 2.04. The summed E-state index contributed by atoms with van der Waals surface area (Å²) in [5, 5.41) is 8.18. The van der Waals surface area contributed by atoms with E-state index in [1.54, 1.807) is 0 Å². The Hall–Kier alpha value is -0.373. The normalized spacial score (nSPS) is 12.4. The lowest BCUT2D eigenvalue weighted by Crippen LogP contribution is -2.08. The molecule has 0 saturated carbocycles. The molecule has 0 amide bonds. The van der Waals surface area contributed by atoms with Crippen molar-refractivity contribution in [3.63, 3.8) is 0 Å². The van der Waals surface area contributed by atoms with Crippen LogP contribution in [0.5, 0.6) is 0 Å². The zero-order valence-corrected chi connectivity index (χ0v) is 8.74. The molecule has 0 aromatic carbocycles. The predicted octanol–water partition coefficient (Wildman–Crippen LogP) is 1.48. The van der Waals surface area contributed by atoms with E-state index >= 15 is 0 Å². The van der Waals surface area contributed by atoms with Crippen LogP contribution in [-0.2, 0) is 9.53 Å². The number of nitriles is 1. The van der Waals surface area contributed by atoms with Crippen LogP contribution in [0.25, 0.3) is 0 Å². The molecule has 0 bridgehead atoms. The second-order valence-corrected chi connectivity index (χ2v) is 5.33. The molecule has 0 aliphatic heterocycles. The molecule has 0 N–H and O–H groups in total. The molecule has 0 aliphatic rings. The van der Waals surface area contributed by atoms with Gasteiger partial charge < -0.3 is 9.53 Å². The molecular formula is C8H16NO2Si. The van der Waals surface area contributed by atoms with Crippen molar-refractivity contribution in [3.8, 4) is 6.07 Å². The Kier molecular flexibility index (Phi) is 8.45. The monoisotopic (exact) mass is 186 g/mol. The quantitative estimate of drug-likeness (QED) is 0.446. The van der Waals surface area contributed by atoms with Gasteiger partial charge in [0.15, 0.2) is 0 Å². The number of hydrogen-bond donors (Lipinski definition) is 0. The predicted molar refractivity (Wildman–Crippen MR) is 48.8 cm³/mol. The average Bonchev–Trinajstić information content (AvgIpc) is 2.10. The summed E-state index contributed by atoms with van der Waals surface area (Å²) in [5.74, 6) is 0. The van der Waals surface area contributed by atoms with Crippen LogP contribution in [0, 0.1) is 11.3 Å². The Morgan fingerprint density at radius 1 is 1.50 bits per heavy atom. The van der Waals surface area contributed by atoms with Crippen molar-refractivity contribution in [1.29, 1.82) is 5.26 Å². The first kappa shape index (κ1) is 11.6. The van der Waals surface area contributed by atoms with Crippen LogP contribution in [0.1, 0.15) is 19.8 Å². The zero-order valence-electron chi connectivity index (χ0n) is 7.58. The lowest BCUT2D eigenvalue weighted by molar-refractivity contribution is 0.139. The van der Waals surface area contributed by atoms with Gasteiger partial charge in [0.25, 0.3) is 0 Å². The minimum Gasteiger partial charge on any atom is -0.380 e. The topological polar surface area (TPSA) is 52.9 Å².